The first kappa shape index (κ1) is 16.2. The Morgan fingerprint density at radius 2 is 2.10 bits per heavy atom. The summed E-state index contributed by atoms with van der Waals surface area (Å²) in [4.78, 5) is 11.5. The van der Waals surface area contributed by atoms with Gasteiger partial charge in [-0.25, -0.2) is 4.68 Å². The molecule has 0 radical (unpaired) electrons. The molecule has 1 aromatic carbocycles. The van der Waals surface area contributed by atoms with Gasteiger partial charge in [-0.2, -0.15) is 5.10 Å². The van der Waals surface area contributed by atoms with Crippen LogP contribution < -0.4 is 11.1 Å². The summed E-state index contributed by atoms with van der Waals surface area (Å²) in [6.07, 6.45) is 3.99. The maximum atomic E-state index is 11.5. The number of hydrogen-bond donors (Lipinski definition) is 2. The summed E-state index contributed by atoms with van der Waals surface area (Å²) in [5, 5.41) is 7.08. The molecule has 0 aliphatic carbocycles. The van der Waals surface area contributed by atoms with E-state index in [1.807, 2.05) is 43.5 Å². The van der Waals surface area contributed by atoms with Crippen LogP contribution >= 0.6 is 12.4 Å². The highest BCUT2D eigenvalue weighted by Gasteiger charge is 2.08. The van der Waals surface area contributed by atoms with Crippen LogP contribution in [0.4, 0.5) is 0 Å². The van der Waals surface area contributed by atoms with Crippen LogP contribution in [0, 0.1) is 0 Å². The number of nitrogens with two attached hydrogens (primary N) is 1. The van der Waals surface area contributed by atoms with Crippen molar-refractivity contribution in [3.05, 3.63) is 48.3 Å². The van der Waals surface area contributed by atoms with Crippen molar-refractivity contribution in [2.24, 2.45) is 5.73 Å². The van der Waals surface area contributed by atoms with Crippen molar-refractivity contribution >= 4 is 18.3 Å². The standard InChI is InChI=1S/C14H18N4O.ClH/c1-11(17-14(19)7-8-15)12-3-5-13(6-4-12)18-10-2-9-16-18;/h2-6,9-11H,7-8,15H2,1H3,(H,17,19);1H. The van der Waals surface area contributed by atoms with Gasteiger partial charge in [0.25, 0.3) is 0 Å². The average molecular weight is 295 g/mol. The molecule has 1 atom stereocenters. The number of aromatic nitrogens is 2. The minimum absolute atomic E-state index is 0. The molecular formula is C14H19ClN4O. The summed E-state index contributed by atoms with van der Waals surface area (Å²) in [6, 6.07) is 9.80. The molecule has 6 heteroatoms. The van der Waals surface area contributed by atoms with Crippen LogP contribution in [0.1, 0.15) is 24.9 Å². The number of amides is 1. The van der Waals surface area contributed by atoms with Gasteiger partial charge in [-0.3, -0.25) is 4.79 Å². The first-order valence-electron chi connectivity index (χ1n) is 6.30. The SMILES string of the molecule is CC(NC(=O)CCN)c1ccc(-n2cccn2)cc1.Cl. The zero-order valence-corrected chi connectivity index (χ0v) is 12.1. The summed E-state index contributed by atoms with van der Waals surface area (Å²) < 4.78 is 1.79. The Kier molecular flexibility index (Phi) is 6.21. The van der Waals surface area contributed by atoms with Gasteiger partial charge in [0, 0.05) is 25.4 Å². The number of benzene rings is 1. The van der Waals surface area contributed by atoms with E-state index < -0.39 is 0 Å². The molecule has 2 rings (SSSR count). The third-order valence-corrected chi connectivity index (χ3v) is 2.91. The highest BCUT2D eigenvalue weighted by Crippen LogP contribution is 2.15. The molecule has 1 unspecified atom stereocenters. The van der Waals surface area contributed by atoms with Crippen molar-refractivity contribution in [2.75, 3.05) is 6.54 Å². The zero-order chi connectivity index (χ0) is 13.7. The maximum Gasteiger partial charge on any atom is 0.221 e. The highest BCUT2D eigenvalue weighted by atomic mass is 35.5. The Labute approximate surface area is 124 Å². The molecule has 1 aromatic heterocycles. The minimum atomic E-state index is -0.0225. The van der Waals surface area contributed by atoms with E-state index in [0.29, 0.717) is 13.0 Å². The van der Waals surface area contributed by atoms with Crippen LogP contribution in [0.3, 0.4) is 0 Å². The second kappa shape index (κ2) is 7.67. The minimum Gasteiger partial charge on any atom is -0.350 e. The Morgan fingerprint density at radius 3 is 2.65 bits per heavy atom. The van der Waals surface area contributed by atoms with E-state index in [1.165, 1.54) is 0 Å². The lowest BCUT2D eigenvalue weighted by Crippen LogP contribution is -2.28. The molecule has 1 heterocycles. The van der Waals surface area contributed by atoms with Gasteiger partial charge >= 0.3 is 0 Å². The molecule has 0 spiro atoms. The van der Waals surface area contributed by atoms with E-state index in [4.69, 9.17) is 5.73 Å². The second-order valence-corrected chi connectivity index (χ2v) is 4.37. The van der Waals surface area contributed by atoms with Gasteiger partial charge in [0.15, 0.2) is 0 Å². The Balaban J connectivity index is 0.00000200. The predicted octanol–water partition coefficient (Wildman–Crippen LogP) is 1.82. The molecule has 2 aromatic rings. The van der Waals surface area contributed by atoms with Crippen LogP contribution in [0.15, 0.2) is 42.7 Å². The quantitative estimate of drug-likeness (QED) is 0.883. The number of nitrogens with one attached hydrogen (secondary N) is 1. The normalized spacial score (nSPS) is 11.5. The Morgan fingerprint density at radius 1 is 1.40 bits per heavy atom. The molecular weight excluding hydrogens is 276 g/mol. The maximum absolute atomic E-state index is 11.5. The number of halogens is 1. The average Bonchev–Trinajstić information content (AvgIpc) is 2.93. The van der Waals surface area contributed by atoms with Crippen molar-refractivity contribution < 1.29 is 4.79 Å². The van der Waals surface area contributed by atoms with Crippen molar-refractivity contribution in [3.63, 3.8) is 0 Å². The summed E-state index contributed by atoms with van der Waals surface area (Å²) >= 11 is 0. The van der Waals surface area contributed by atoms with Crippen molar-refractivity contribution in [1.82, 2.24) is 15.1 Å². The fourth-order valence-corrected chi connectivity index (χ4v) is 1.87. The molecule has 3 N–H and O–H groups in total. The third kappa shape index (κ3) is 4.08. The molecule has 0 saturated carbocycles. The van der Waals surface area contributed by atoms with Gasteiger partial charge in [0.1, 0.15) is 0 Å². The van der Waals surface area contributed by atoms with Crippen LogP contribution in [0.5, 0.6) is 0 Å². The smallest absolute Gasteiger partial charge is 0.221 e. The monoisotopic (exact) mass is 294 g/mol. The van der Waals surface area contributed by atoms with Gasteiger partial charge in [0.05, 0.1) is 11.7 Å². The molecule has 0 bridgehead atoms. The van der Waals surface area contributed by atoms with Gasteiger partial charge in [-0.05, 0) is 30.7 Å². The van der Waals surface area contributed by atoms with E-state index in [2.05, 4.69) is 10.4 Å². The summed E-state index contributed by atoms with van der Waals surface area (Å²) in [6.45, 7) is 2.33. The number of carbonyl (C=O) groups is 1. The molecule has 5 nitrogen and oxygen atoms in total. The van der Waals surface area contributed by atoms with Gasteiger partial charge < -0.3 is 11.1 Å². The van der Waals surface area contributed by atoms with E-state index in [-0.39, 0.29) is 24.4 Å². The lowest BCUT2D eigenvalue weighted by molar-refractivity contribution is -0.121. The topological polar surface area (TPSA) is 72.9 Å². The first-order chi connectivity index (χ1) is 9.20. The van der Waals surface area contributed by atoms with Gasteiger partial charge in [-0.1, -0.05) is 12.1 Å². The summed E-state index contributed by atoms with van der Waals surface area (Å²) in [5.41, 5.74) is 7.40. The molecule has 0 fully saturated rings. The molecule has 0 aliphatic heterocycles. The van der Waals surface area contributed by atoms with E-state index >= 15 is 0 Å². The Hall–Kier alpha value is -1.85. The van der Waals surface area contributed by atoms with Crippen LogP contribution in [-0.2, 0) is 4.79 Å². The van der Waals surface area contributed by atoms with E-state index in [9.17, 15) is 4.79 Å². The second-order valence-electron chi connectivity index (χ2n) is 4.37. The third-order valence-electron chi connectivity index (χ3n) is 2.91. The number of hydrogen-bond acceptors (Lipinski definition) is 3. The number of nitrogens with zero attached hydrogens (tertiary/aromatic N) is 2. The lowest BCUT2D eigenvalue weighted by Gasteiger charge is -2.14. The molecule has 20 heavy (non-hydrogen) atoms. The summed E-state index contributed by atoms with van der Waals surface area (Å²) in [7, 11) is 0. The van der Waals surface area contributed by atoms with Crippen LogP contribution in [0.2, 0.25) is 0 Å². The van der Waals surface area contributed by atoms with Gasteiger partial charge in [-0.15, -0.1) is 12.4 Å². The zero-order valence-electron chi connectivity index (χ0n) is 11.3. The fourth-order valence-electron chi connectivity index (χ4n) is 1.87. The number of rotatable bonds is 5. The Bertz CT molecular complexity index is 525. The van der Waals surface area contributed by atoms with Gasteiger partial charge in [0.2, 0.25) is 5.91 Å². The predicted molar refractivity (Wildman–Crippen MR) is 81.0 cm³/mol. The molecule has 0 saturated heterocycles. The molecule has 1 amide bonds. The number of carbonyl (C=O) groups excluding carboxylic acids is 1. The van der Waals surface area contributed by atoms with Crippen molar-refractivity contribution in [2.45, 2.75) is 19.4 Å². The van der Waals surface area contributed by atoms with Crippen molar-refractivity contribution in [3.8, 4) is 5.69 Å². The van der Waals surface area contributed by atoms with E-state index in [1.54, 1.807) is 10.9 Å². The van der Waals surface area contributed by atoms with E-state index in [0.717, 1.165) is 11.3 Å². The highest BCUT2D eigenvalue weighted by molar-refractivity contribution is 5.85. The van der Waals surface area contributed by atoms with Crippen molar-refractivity contribution in [1.29, 1.82) is 0 Å². The molecule has 108 valence electrons. The molecule has 0 aliphatic rings. The van der Waals surface area contributed by atoms with Crippen LogP contribution in [-0.4, -0.2) is 22.2 Å². The van der Waals surface area contributed by atoms with Crippen LogP contribution in [0.25, 0.3) is 5.69 Å². The lowest BCUT2D eigenvalue weighted by atomic mass is 10.1. The largest absolute Gasteiger partial charge is 0.350 e. The first-order valence-corrected chi connectivity index (χ1v) is 6.30. The fraction of sp³-hybridized carbons (Fsp3) is 0.286. The summed E-state index contributed by atoms with van der Waals surface area (Å²) in [5.74, 6) is -0.0221.